The minimum Gasteiger partial charge on any atom is -0.457 e. The second-order valence-electron chi connectivity index (χ2n) is 9.50. The van der Waals surface area contributed by atoms with Crippen LogP contribution in [-0.2, 0) is 6.42 Å². The minimum atomic E-state index is 0. The van der Waals surface area contributed by atoms with Gasteiger partial charge in [-0.1, -0.05) is 113 Å². The number of halogens is 1. The predicted molar refractivity (Wildman–Crippen MR) is 178 cm³/mol. The first-order valence-electron chi connectivity index (χ1n) is 13.5. The smallest absolute Gasteiger partial charge is 0.151 e. The van der Waals surface area contributed by atoms with Crippen molar-refractivity contribution in [1.29, 1.82) is 0 Å². The molecule has 8 rings (SSSR count). The van der Waals surface area contributed by atoms with Crippen LogP contribution < -0.4 is 14.4 Å². The summed E-state index contributed by atoms with van der Waals surface area (Å²) in [5, 5.41) is 0. The van der Waals surface area contributed by atoms with Crippen LogP contribution in [0.25, 0.3) is 0 Å². The molecule has 2 aliphatic heterocycles. The first-order chi connectivity index (χ1) is 20.3. The van der Waals surface area contributed by atoms with E-state index in [-0.39, 0.29) is 7.43 Å². The van der Waals surface area contributed by atoms with Gasteiger partial charge in [-0.25, -0.2) is 0 Å². The standard InChI is InChI=1S/C18H13NO.C13H10O.C6H5Br.CH3/c1-2-8-14(9-3-1)19-15-10-4-6-12-17(15)20-18-13-7-5-11-16(18)19;1-3-7-12-10(5-1)9-11-6-2-4-8-13(11)14-12;7-6-4-2-1-3-5-6;/h1-13H;1-8H,9H2;1-5H;1H3/q;;;-1. The molecule has 6 aromatic rings. The number of para-hydroxylation sites is 7. The Hall–Kier alpha value is -4.80. The van der Waals surface area contributed by atoms with E-state index in [0.717, 1.165) is 51.0 Å². The maximum absolute atomic E-state index is 5.99. The van der Waals surface area contributed by atoms with Gasteiger partial charge < -0.3 is 21.8 Å². The van der Waals surface area contributed by atoms with Crippen LogP contribution in [0.5, 0.6) is 23.0 Å². The first kappa shape index (κ1) is 28.7. The summed E-state index contributed by atoms with van der Waals surface area (Å²) >= 11 is 3.31. The summed E-state index contributed by atoms with van der Waals surface area (Å²) < 4.78 is 12.9. The zero-order chi connectivity index (χ0) is 27.9. The number of hydrogen-bond acceptors (Lipinski definition) is 3. The molecule has 0 atom stereocenters. The lowest BCUT2D eigenvalue weighted by Crippen LogP contribution is -2.15. The van der Waals surface area contributed by atoms with Crippen LogP contribution >= 0.6 is 15.9 Å². The van der Waals surface area contributed by atoms with Crippen LogP contribution in [0.2, 0.25) is 0 Å². The van der Waals surface area contributed by atoms with Gasteiger partial charge in [-0.05, 0) is 71.8 Å². The summed E-state index contributed by atoms with van der Waals surface area (Å²) in [5.41, 5.74) is 5.81. The van der Waals surface area contributed by atoms with E-state index in [1.165, 1.54) is 11.1 Å². The maximum atomic E-state index is 5.99. The fourth-order valence-corrected chi connectivity index (χ4v) is 5.10. The van der Waals surface area contributed by atoms with Crippen LogP contribution in [0.3, 0.4) is 0 Å². The highest BCUT2D eigenvalue weighted by Crippen LogP contribution is 2.49. The molecule has 6 aromatic carbocycles. The van der Waals surface area contributed by atoms with E-state index < -0.39 is 0 Å². The summed E-state index contributed by atoms with van der Waals surface area (Å²) in [5.74, 6) is 3.75. The Kier molecular flexibility index (Phi) is 9.37. The van der Waals surface area contributed by atoms with Crippen LogP contribution in [0.15, 0.2) is 162 Å². The molecule has 0 fully saturated rings. The molecule has 2 heterocycles. The summed E-state index contributed by atoms with van der Waals surface area (Å²) in [6.45, 7) is 0. The fourth-order valence-electron chi connectivity index (χ4n) is 4.80. The highest BCUT2D eigenvalue weighted by molar-refractivity contribution is 9.10. The second kappa shape index (κ2) is 13.7. The quantitative estimate of drug-likeness (QED) is 0.172. The van der Waals surface area contributed by atoms with Crippen molar-refractivity contribution in [2.75, 3.05) is 4.90 Å². The van der Waals surface area contributed by atoms with Crippen LogP contribution in [0, 0.1) is 7.43 Å². The lowest BCUT2D eigenvalue weighted by atomic mass is 10.0. The van der Waals surface area contributed by atoms with Crippen molar-refractivity contribution in [3.63, 3.8) is 0 Å². The summed E-state index contributed by atoms with van der Waals surface area (Å²) in [7, 11) is 0. The van der Waals surface area contributed by atoms with E-state index in [9.17, 15) is 0 Å². The van der Waals surface area contributed by atoms with Crippen molar-refractivity contribution in [3.05, 3.63) is 181 Å². The first-order valence-corrected chi connectivity index (χ1v) is 14.3. The van der Waals surface area contributed by atoms with Gasteiger partial charge in [-0.3, -0.25) is 0 Å². The predicted octanol–water partition coefficient (Wildman–Crippen LogP) is 11.5. The average Bonchev–Trinajstić information content (AvgIpc) is 3.04. The van der Waals surface area contributed by atoms with E-state index in [1.807, 2.05) is 97.1 Å². The van der Waals surface area contributed by atoms with Crippen molar-refractivity contribution in [2.24, 2.45) is 0 Å². The molecular formula is C38H31BrNO2-. The largest absolute Gasteiger partial charge is 0.457 e. The molecule has 42 heavy (non-hydrogen) atoms. The molecule has 0 saturated heterocycles. The second-order valence-corrected chi connectivity index (χ2v) is 10.4. The van der Waals surface area contributed by atoms with Crippen molar-refractivity contribution >= 4 is 33.0 Å². The third-order valence-corrected chi connectivity index (χ3v) is 7.25. The highest BCUT2D eigenvalue weighted by atomic mass is 79.9. The molecule has 0 unspecified atom stereocenters. The molecular weight excluding hydrogens is 582 g/mol. The molecule has 0 bridgehead atoms. The minimum absolute atomic E-state index is 0. The molecule has 0 aliphatic carbocycles. The third kappa shape index (κ3) is 6.56. The van der Waals surface area contributed by atoms with E-state index in [4.69, 9.17) is 9.47 Å². The summed E-state index contributed by atoms with van der Waals surface area (Å²) in [6.07, 6.45) is 0.979. The van der Waals surface area contributed by atoms with Gasteiger partial charge in [0.1, 0.15) is 11.5 Å². The van der Waals surface area contributed by atoms with Crippen LogP contribution in [-0.4, -0.2) is 0 Å². The van der Waals surface area contributed by atoms with Gasteiger partial charge in [0.05, 0.1) is 11.4 Å². The Bertz CT molecular complexity index is 1600. The molecule has 0 aromatic heterocycles. The van der Waals surface area contributed by atoms with Gasteiger partial charge in [0.15, 0.2) is 11.5 Å². The normalized spacial score (nSPS) is 11.5. The Balaban J connectivity index is 0.000000139. The van der Waals surface area contributed by atoms with Crippen molar-refractivity contribution in [1.82, 2.24) is 0 Å². The van der Waals surface area contributed by atoms with Gasteiger partial charge in [0.2, 0.25) is 0 Å². The Labute approximate surface area is 256 Å². The topological polar surface area (TPSA) is 21.7 Å². The van der Waals surface area contributed by atoms with E-state index in [0.29, 0.717) is 0 Å². The Morgan fingerprint density at radius 1 is 0.429 bits per heavy atom. The number of anilines is 3. The molecule has 4 heteroatoms. The fraction of sp³-hybridized carbons (Fsp3) is 0.0263. The molecule has 2 aliphatic rings. The zero-order valence-corrected chi connectivity index (χ0v) is 24.9. The zero-order valence-electron chi connectivity index (χ0n) is 23.4. The SMILES string of the molecule is Brc1ccccc1.[CH3-].c1ccc(N2c3ccccc3Oc3ccccc32)cc1.c1ccc2c(c1)Cc1ccccc1O2. The monoisotopic (exact) mass is 612 g/mol. The molecule has 0 radical (unpaired) electrons. The molecule has 0 amide bonds. The number of benzene rings is 6. The van der Waals surface area contributed by atoms with Gasteiger partial charge in [-0.15, -0.1) is 0 Å². The molecule has 0 N–H and O–H groups in total. The van der Waals surface area contributed by atoms with Gasteiger partial charge >= 0.3 is 0 Å². The maximum Gasteiger partial charge on any atom is 0.151 e. The number of fused-ring (bicyclic) bond motifs is 4. The highest BCUT2D eigenvalue weighted by Gasteiger charge is 2.24. The number of ether oxygens (including phenoxy) is 2. The van der Waals surface area contributed by atoms with Crippen molar-refractivity contribution in [2.45, 2.75) is 6.42 Å². The van der Waals surface area contributed by atoms with Crippen molar-refractivity contribution < 1.29 is 9.47 Å². The van der Waals surface area contributed by atoms with E-state index in [1.54, 1.807) is 0 Å². The van der Waals surface area contributed by atoms with Crippen LogP contribution in [0.4, 0.5) is 17.1 Å². The third-order valence-electron chi connectivity index (χ3n) is 6.73. The molecule has 208 valence electrons. The molecule has 0 spiro atoms. The van der Waals surface area contributed by atoms with Crippen LogP contribution in [0.1, 0.15) is 11.1 Å². The summed E-state index contributed by atoms with van der Waals surface area (Å²) in [4.78, 5) is 2.23. The van der Waals surface area contributed by atoms with Gasteiger partial charge in [0.25, 0.3) is 0 Å². The van der Waals surface area contributed by atoms with Gasteiger partial charge in [0, 0.05) is 16.6 Å². The molecule has 0 saturated carbocycles. The van der Waals surface area contributed by atoms with E-state index >= 15 is 0 Å². The lowest BCUT2D eigenvalue weighted by Gasteiger charge is -2.32. The van der Waals surface area contributed by atoms with E-state index in [2.05, 4.69) is 81.5 Å². The number of rotatable bonds is 1. The van der Waals surface area contributed by atoms with Crippen molar-refractivity contribution in [3.8, 4) is 23.0 Å². The molecule has 3 nitrogen and oxygen atoms in total. The Morgan fingerprint density at radius 2 is 0.810 bits per heavy atom. The lowest BCUT2D eigenvalue weighted by molar-refractivity contribution is 0.460. The number of nitrogens with zero attached hydrogens (tertiary/aromatic N) is 1. The summed E-state index contributed by atoms with van der Waals surface area (Å²) in [6, 6.07) is 52.9. The average molecular weight is 614 g/mol. The Morgan fingerprint density at radius 3 is 1.29 bits per heavy atom. The van der Waals surface area contributed by atoms with Gasteiger partial charge in [-0.2, -0.15) is 0 Å². The number of hydrogen-bond donors (Lipinski definition) is 0.